The number of aryl methyl sites for hydroxylation is 3. The zero-order valence-corrected chi connectivity index (χ0v) is 16.4. The minimum atomic E-state index is -0.0919. The van der Waals surface area contributed by atoms with Crippen LogP contribution in [0.3, 0.4) is 0 Å². The van der Waals surface area contributed by atoms with Gasteiger partial charge in [-0.25, -0.2) is 4.98 Å². The fourth-order valence-electron chi connectivity index (χ4n) is 3.89. The Balaban J connectivity index is 1.35. The zero-order chi connectivity index (χ0) is 19.0. The molecule has 140 valence electrons. The molecule has 0 radical (unpaired) electrons. The largest absolute Gasteiger partial charge is 0.356 e. The number of amides is 1. The number of benzene rings is 1. The number of aromatic amines is 1. The first-order valence-corrected chi connectivity index (χ1v) is 10.2. The van der Waals surface area contributed by atoms with Crippen LogP contribution in [0.2, 0.25) is 0 Å². The van der Waals surface area contributed by atoms with Crippen molar-refractivity contribution in [1.82, 2.24) is 15.3 Å². The van der Waals surface area contributed by atoms with E-state index in [9.17, 15) is 9.59 Å². The van der Waals surface area contributed by atoms with E-state index in [-0.39, 0.29) is 11.5 Å². The number of H-pyrrole nitrogens is 1. The van der Waals surface area contributed by atoms with Gasteiger partial charge in [-0.1, -0.05) is 24.3 Å². The van der Waals surface area contributed by atoms with Gasteiger partial charge in [-0.05, 0) is 49.3 Å². The number of rotatable bonds is 5. The number of nitrogens with zero attached hydrogens (tertiary/aromatic N) is 1. The summed E-state index contributed by atoms with van der Waals surface area (Å²) < 4.78 is 0. The molecule has 4 rings (SSSR count). The van der Waals surface area contributed by atoms with Crippen molar-refractivity contribution in [3.05, 3.63) is 62.0 Å². The van der Waals surface area contributed by atoms with Gasteiger partial charge in [0, 0.05) is 24.3 Å². The maximum atomic E-state index is 12.3. The van der Waals surface area contributed by atoms with Crippen LogP contribution in [-0.4, -0.2) is 22.4 Å². The lowest BCUT2D eigenvalue weighted by atomic mass is 9.97. The summed E-state index contributed by atoms with van der Waals surface area (Å²) in [6, 6.07) is 8.39. The number of hydrogen-bond acceptors (Lipinski definition) is 4. The van der Waals surface area contributed by atoms with E-state index in [2.05, 4.69) is 33.5 Å². The van der Waals surface area contributed by atoms with E-state index < -0.39 is 0 Å². The van der Waals surface area contributed by atoms with Crippen molar-refractivity contribution in [2.45, 2.75) is 45.4 Å². The topological polar surface area (TPSA) is 74.8 Å². The van der Waals surface area contributed by atoms with Gasteiger partial charge in [0.2, 0.25) is 5.91 Å². The molecule has 1 aliphatic rings. The molecule has 0 aliphatic heterocycles. The summed E-state index contributed by atoms with van der Waals surface area (Å²) in [5.74, 6) is 0.996. The molecule has 1 amide bonds. The zero-order valence-electron chi connectivity index (χ0n) is 15.6. The Morgan fingerprint density at radius 2 is 2.15 bits per heavy atom. The molecule has 2 heterocycles. The molecule has 6 heteroatoms. The van der Waals surface area contributed by atoms with Gasteiger partial charge in [0.25, 0.3) is 5.56 Å². The molecule has 0 spiro atoms. The SMILES string of the molecule is Cc1sc2nc(CCNC(=O)C[C@H]3CCc4ccccc43)[nH]c(=O)c2c1C. The molecule has 27 heavy (non-hydrogen) atoms. The van der Waals surface area contributed by atoms with Gasteiger partial charge in [-0.2, -0.15) is 0 Å². The van der Waals surface area contributed by atoms with Gasteiger partial charge in [-0.3, -0.25) is 9.59 Å². The van der Waals surface area contributed by atoms with Crippen molar-refractivity contribution in [1.29, 1.82) is 0 Å². The first-order valence-electron chi connectivity index (χ1n) is 9.36. The van der Waals surface area contributed by atoms with E-state index in [0.29, 0.717) is 36.5 Å². The van der Waals surface area contributed by atoms with Crippen molar-refractivity contribution in [3.8, 4) is 0 Å². The van der Waals surface area contributed by atoms with E-state index in [1.165, 1.54) is 11.1 Å². The summed E-state index contributed by atoms with van der Waals surface area (Å²) in [4.78, 5) is 33.9. The van der Waals surface area contributed by atoms with Gasteiger partial charge >= 0.3 is 0 Å². The molecule has 1 aromatic carbocycles. The lowest BCUT2D eigenvalue weighted by molar-refractivity contribution is -0.121. The highest BCUT2D eigenvalue weighted by molar-refractivity contribution is 7.18. The molecule has 0 saturated carbocycles. The second-order valence-electron chi connectivity index (χ2n) is 7.21. The van der Waals surface area contributed by atoms with E-state index in [1.807, 2.05) is 19.9 Å². The summed E-state index contributed by atoms with van der Waals surface area (Å²) in [7, 11) is 0. The Hall–Kier alpha value is -2.47. The predicted octanol–water partition coefficient (Wildman–Crippen LogP) is 3.38. The van der Waals surface area contributed by atoms with Crippen molar-refractivity contribution in [2.24, 2.45) is 0 Å². The van der Waals surface area contributed by atoms with Crippen molar-refractivity contribution in [3.63, 3.8) is 0 Å². The monoisotopic (exact) mass is 381 g/mol. The number of carbonyl (C=O) groups is 1. The van der Waals surface area contributed by atoms with Crippen LogP contribution >= 0.6 is 11.3 Å². The van der Waals surface area contributed by atoms with E-state index >= 15 is 0 Å². The fourth-order valence-corrected chi connectivity index (χ4v) is 4.94. The van der Waals surface area contributed by atoms with Crippen LogP contribution in [0.1, 0.15) is 46.2 Å². The Labute approximate surface area is 161 Å². The van der Waals surface area contributed by atoms with Crippen molar-refractivity contribution >= 4 is 27.5 Å². The molecule has 1 atom stereocenters. The first-order chi connectivity index (χ1) is 13.0. The summed E-state index contributed by atoms with van der Waals surface area (Å²) >= 11 is 1.54. The molecule has 2 N–H and O–H groups in total. The van der Waals surface area contributed by atoms with Crippen LogP contribution in [0.4, 0.5) is 0 Å². The van der Waals surface area contributed by atoms with Gasteiger partial charge in [0.05, 0.1) is 5.39 Å². The molecule has 0 saturated heterocycles. The molecule has 2 aromatic heterocycles. The molecular formula is C21H23N3O2S. The van der Waals surface area contributed by atoms with Crippen LogP contribution in [0, 0.1) is 13.8 Å². The summed E-state index contributed by atoms with van der Waals surface area (Å²) in [6.45, 7) is 4.43. The third-order valence-electron chi connectivity index (χ3n) is 5.46. The van der Waals surface area contributed by atoms with Crippen LogP contribution in [-0.2, 0) is 17.6 Å². The number of aromatic nitrogens is 2. The van der Waals surface area contributed by atoms with Crippen LogP contribution < -0.4 is 10.9 Å². The van der Waals surface area contributed by atoms with E-state index in [0.717, 1.165) is 28.1 Å². The Morgan fingerprint density at radius 3 is 3.00 bits per heavy atom. The van der Waals surface area contributed by atoms with Gasteiger partial charge in [0.1, 0.15) is 10.7 Å². The summed E-state index contributed by atoms with van der Waals surface area (Å²) in [6.07, 6.45) is 3.13. The minimum Gasteiger partial charge on any atom is -0.356 e. The van der Waals surface area contributed by atoms with Crippen molar-refractivity contribution < 1.29 is 4.79 Å². The first kappa shape index (κ1) is 17.9. The summed E-state index contributed by atoms with van der Waals surface area (Å²) in [5.41, 5.74) is 3.59. The Bertz CT molecular complexity index is 1070. The molecule has 0 unspecified atom stereocenters. The Kier molecular flexibility index (Phi) is 4.83. The quantitative estimate of drug-likeness (QED) is 0.711. The lowest BCUT2D eigenvalue weighted by Gasteiger charge is -2.11. The molecule has 1 aliphatic carbocycles. The normalized spacial score (nSPS) is 15.9. The standard InChI is InChI=1S/C21H23N3O2S/c1-12-13(2)27-21-19(12)20(26)23-17(24-21)9-10-22-18(25)11-15-8-7-14-5-3-4-6-16(14)15/h3-6,15H,7-11H2,1-2H3,(H,22,25)(H,23,24,26)/t15-/m1/s1. The molecule has 0 bridgehead atoms. The minimum absolute atomic E-state index is 0.0583. The molecule has 0 fully saturated rings. The fraction of sp³-hybridized carbons (Fsp3) is 0.381. The van der Waals surface area contributed by atoms with Crippen LogP contribution in [0.15, 0.2) is 29.1 Å². The smallest absolute Gasteiger partial charge is 0.259 e. The van der Waals surface area contributed by atoms with Crippen LogP contribution in [0.5, 0.6) is 0 Å². The van der Waals surface area contributed by atoms with E-state index in [4.69, 9.17) is 0 Å². The molecular weight excluding hydrogens is 358 g/mol. The number of carbonyl (C=O) groups excluding carboxylic acids is 1. The molecule has 5 nitrogen and oxygen atoms in total. The second kappa shape index (κ2) is 7.27. The van der Waals surface area contributed by atoms with Gasteiger partial charge in [0.15, 0.2) is 0 Å². The van der Waals surface area contributed by atoms with Crippen LogP contribution in [0.25, 0.3) is 10.2 Å². The lowest BCUT2D eigenvalue weighted by Crippen LogP contribution is -2.27. The highest BCUT2D eigenvalue weighted by Crippen LogP contribution is 2.35. The third-order valence-corrected chi connectivity index (χ3v) is 6.56. The number of hydrogen-bond donors (Lipinski definition) is 2. The Morgan fingerprint density at radius 1 is 1.33 bits per heavy atom. The maximum Gasteiger partial charge on any atom is 0.259 e. The average Bonchev–Trinajstić information content (AvgIpc) is 3.16. The maximum absolute atomic E-state index is 12.3. The van der Waals surface area contributed by atoms with Crippen molar-refractivity contribution in [2.75, 3.05) is 6.54 Å². The van der Waals surface area contributed by atoms with E-state index in [1.54, 1.807) is 11.3 Å². The summed E-state index contributed by atoms with van der Waals surface area (Å²) in [5, 5.41) is 3.66. The second-order valence-corrected chi connectivity index (χ2v) is 8.42. The number of thiophene rings is 1. The third kappa shape index (κ3) is 3.54. The average molecular weight is 382 g/mol. The molecule has 3 aromatic rings. The number of fused-ring (bicyclic) bond motifs is 2. The number of nitrogens with one attached hydrogen (secondary N) is 2. The highest BCUT2D eigenvalue weighted by Gasteiger charge is 2.24. The predicted molar refractivity (Wildman–Crippen MR) is 109 cm³/mol. The van der Waals surface area contributed by atoms with Gasteiger partial charge < -0.3 is 10.3 Å². The highest BCUT2D eigenvalue weighted by atomic mass is 32.1. The van der Waals surface area contributed by atoms with Gasteiger partial charge in [-0.15, -0.1) is 11.3 Å².